The third-order valence-electron chi connectivity index (χ3n) is 4.38. The summed E-state index contributed by atoms with van der Waals surface area (Å²) in [6.07, 6.45) is 7.93. The van der Waals surface area contributed by atoms with Crippen LogP contribution >= 0.6 is 0 Å². The highest BCUT2D eigenvalue weighted by Gasteiger charge is 2.17. The molecule has 0 unspecified atom stereocenters. The number of amides is 1. The molecule has 120 valence electrons. The SMILES string of the molecule is C[C@H](CC1CCCCC1)NC(=O)Cc1ccc(C(=O)O)cc1. The first-order chi connectivity index (χ1) is 10.5. The molecule has 1 aromatic rings. The summed E-state index contributed by atoms with van der Waals surface area (Å²) < 4.78 is 0. The van der Waals surface area contributed by atoms with Gasteiger partial charge in [-0.25, -0.2) is 4.79 Å². The summed E-state index contributed by atoms with van der Waals surface area (Å²) in [6.45, 7) is 2.07. The van der Waals surface area contributed by atoms with Crippen molar-refractivity contribution in [1.29, 1.82) is 0 Å². The second kappa shape index (κ2) is 7.97. The van der Waals surface area contributed by atoms with Crippen LogP contribution in [0.1, 0.15) is 61.4 Å². The molecule has 0 aromatic heterocycles. The maximum absolute atomic E-state index is 12.1. The van der Waals surface area contributed by atoms with Crippen LogP contribution in [-0.2, 0) is 11.2 Å². The van der Waals surface area contributed by atoms with Crippen LogP contribution in [0.3, 0.4) is 0 Å². The van der Waals surface area contributed by atoms with E-state index in [-0.39, 0.29) is 17.5 Å². The maximum Gasteiger partial charge on any atom is 0.335 e. The number of nitrogens with one attached hydrogen (secondary N) is 1. The Morgan fingerprint density at radius 1 is 1.18 bits per heavy atom. The van der Waals surface area contributed by atoms with Crippen LogP contribution < -0.4 is 5.32 Å². The van der Waals surface area contributed by atoms with Crippen molar-refractivity contribution in [1.82, 2.24) is 5.32 Å². The van der Waals surface area contributed by atoms with Crippen molar-refractivity contribution in [3.05, 3.63) is 35.4 Å². The highest BCUT2D eigenvalue weighted by atomic mass is 16.4. The Balaban J connectivity index is 1.77. The minimum Gasteiger partial charge on any atom is -0.478 e. The van der Waals surface area contributed by atoms with E-state index in [4.69, 9.17) is 5.11 Å². The Morgan fingerprint density at radius 3 is 2.41 bits per heavy atom. The van der Waals surface area contributed by atoms with E-state index in [1.807, 2.05) is 0 Å². The van der Waals surface area contributed by atoms with Gasteiger partial charge in [0.05, 0.1) is 12.0 Å². The molecule has 22 heavy (non-hydrogen) atoms. The van der Waals surface area contributed by atoms with Crippen molar-refractivity contribution >= 4 is 11.9 Å². The number of rotatable bonds is 6. The van der Waals surface area contributed by atoms with E-state index in [9.17, 15) is 9.59 Å². The van der Waals surface area contributed by atoms with Gasteiger partial charge in [-0.2, -0.15) is 0 Å². The lowest BCUT2D eigenvalue weighted by atomic mass is 9.85. The van der Waals surface area contributed by atoms with Crippen molar-refractivity contribution in [2.24, 2.45) is 5.92 Å². The van der Waals surface area contributed by atoms with Gasteiger partial charge < -0.3 is 10.4 Å². The predicted molar refractivity (Wildman–Crippen MR) is 85.9 cm³/mol. The van der Waals surface area contributed by atoms with E-state index in [1.165, 1.54) is 44.2 Å². The smallest absolute Gasteiger partial charge is 0.335 e. The molecule has 0 saturated heterocycles. The Hall–Kier alpha value is -1.84. The first-order valence-electron chi connectivity index (χ1n) is 8.16. The number of benzene rings is 1. The monoisotopic (exact) mass is 303 g/mol. The molecule has 1 atom stereocenters. The molecule has 0 spiro atoms. The highest BCUT2D eigenvalue weighted by molar-refractivity contribution is 5.87. The second-order valence-electron chi connectivity index (χ2n) is 6.39. The normalized spacial score (nSPS) is 17.0. The fourth-order valence-corrected chi connectivity index (χ4v) is 3.26. The zero-order chi connectivity index (χ0) is 15.9. The minimum atomic E-state index is -0.947. The van der Waals surface area contributed by atoms with Gasteiger partial charge in [-0.15, -0.1) is 0 Å². The second-order valence-corrected chi connectivity index (χ2v) is 6.39. The van der Waals surface area contributed by atoms with Crippen molar-refractivity contribution < 1.29 is 14.7 Å². The molecule has 1 amide bonds. The van der Waals surface area contributed by atoms with E-state index >= 15 is 0 Å². The zero-order valence-corrected chi connectivity index (χ0v) is 13.2. The molecule has 4 nitrogen and oxygen atoms in total. The first-order valence-corrected chi connectivity index (χ1v) is 8.16. The summed E-state index contributed by atoms with van der Waals surface area (Å²) in [5, 5.41) is 11.9. The van der Waals surface area contributed by atoms with E-state index < -0.39 is 5.97 Å². The van der Waals surface area contributed by atoms with Gasteiger partial charge in [0.2, 0.25) is 5.91 Å². The topological polar surface area (TPSA) is 66.4 Å². The van der Waals surface area contributed by atoms with Crippen LogP contribution in [0.4, 0.5) is 0 Å². The molecule has 1 saturated carbocycles. The molecule has 2 N–H and O–H groups in total. The van der Waals surface area contributed by atoms with Crippen molar-refractivity contribution in [2.45, 2.75) is 57.9 Å². The van der Waals surface area contributed by atoms with Crippen molar-refractivity contribution in [2.75, 3.05) is 0 Å². The molecular formula is C18H25NO3. The van der Waals surface area contributed by atoms with Crippen LogP contribution in [0.5, 0.6) is 0 Å². The lowest BCUT2D eigenvalue weighted by Crippen LogP contribution is -2.35. The summed E-state index contributed by atoms with van der Waals surface area (Å²) in [7, 11) is 0. The molecule has 1 aliphatic rings. The van der Waals surface area contributed by atoms with Gasteiger partial charge in [-0.3, -0.25) is 4.79 Å². The lowest BCUT2D eigenvalue weighted by Gasteiger charge is -2.25. The van der Waals surface area contributed by atoms with Crippen LogP contribution in [0.15, 0.2) is 24.3 Å². The van der Waals surface area contributed by atoms with E-state index in [1.54, 1.807) is 12.1 Å². The zero-order valence-electron chi connectivity index (χ0n) is 13.2. The molecule has 0 bridgehead atoms. The molecule has 1 aliphatic carbocycles. The number of hydrogen-bond acceptors (Lipinski definition) is 2. The van der Waals surface area contributed by atoms with Gasteiger partial charge in [0.1, 0.15) is 0 Å². The summed E-state index contributed by atoms with van der Waals surface area (Å²) in [5.74, 6) is -0.192. The standard InChI is InChI=1S/C18H25NO3/c1-13(11-14-5-3-2-4-6-14)19-17(20)12-15-7-9-16(10-8-15)18(21)22/h7-10,13-14H,2-6,11-12H2,1H3,(H,19,20)(H,21,22)/t13-/m1/s1. The van der Waals surface area contributed by atoms with Crippen LogP contribution in [0, 0.1) is 5.92 Å². The molecular weight excluding hydrogens is 278 g/mol. The Kier molecular flexibility index (Phi) is 5.99. The molecule has 1 aromatic carbocycles. The minimum absolute atomic E-state index is 0.00591. The molecule has 0 heterocycles. The van der Waals surface area contributed by atoms with Crippen LogP contribution in [-0.4, -0.2) is 23.0 Å². The lowest BCUT2D eigenvalue weighted by molar-refractivity contribution is -0.121. The number of aromatic carboxylic acids is 1. The van der Waals surface area contributed by atoms with Gasteiger partial charge in [-0.1, -0.05) is 44.2 Å². The third kappa shape index (κ3) is 5.17. The number of carbonyl (C=O) groups is 2. The largest absolute Gasteiger partial charge is 0.478 e. The fourth-order valence-electron chi connectivity index (χ4n) is 3.26. The highest BCUT2D eigenvalue weighted by Crippen LogP contribution is 2.27. The molecule has 1 fully saturated rings. The number of hydrogen-bond donors (Lipinski definition) is 2. The number of carboxylic acid groups (broad SMARTS) is 1. The van der Waals surface area contributed by atoms with Gasteiger partial charge in [0.25, 0.3) is 0 Å². The predicted octanol–water partition coefficient (Wildman–Crippen LogP) is 3.40. The van der Waals surface area contributed by atoms with E-state index in [2.05, 4.69) is 12.2 Å². The van der Waals surface area contributed by atoms with Gasteiger partial charge in [0, 0.05) is 6.04 Å². The first kappa shape index (κ1) is 16.5. The van der Waals surface area contributed by atoms with Gasteiger partial charge in [0.15, 0.2) is 0 Å². The summed E-state index contributed by atoms with van der Waals surface area (Å²) >= 11 is 0. The summed E-state index contributed by atoms with van der Waals surface area (Å²) in [6, 6.07) is 6.69. The maximum atomic E-state index is 12.1. The van der Waals surface area contributed by atoms with Gasteiger partial charge in [-0.05, 0) is 37.0 Å². The Labute approximate surface area is 131 Å². The van der Waals surface area contributed by atoms with E-state index in [0.29, 0.717) is 6.42 Å². The summed E-state index contributed by atoms with van der Waals surface area (Å²) in [4.78, 5) is 22.8. The van der Waals surface area contributed by atoms with Crippen LogP contribution in [0.25, 0.3) is 0 Å². The fraction of sp³-hybridized carbons (Fsp3) is 0.556. The Bertz CT molecular complexity index is 504. The quantitative estimate of drug-likeness (QED) is 0.846. The van der Waals surface area contributed by atoms with Crippen LogP contribution in [0.2, 0.25) is 0 Å². The molecule has 4 heteroatoms. The Morgan fingerprint density at radius 2 is 1.82 bits per heavy atom. The van der Waals surface area contributed by atoms with Crippen molar-refractivity contribution in [3.8, 4) is 0 Å². The number of carboxylic acids is 1. The van der Waals surface area contributed by atoms with E-state index in [0.717, 1.165) is 17.9 Å². The summed E-state index contributed by atoms with van der Waals surface area (Å²) in [5.41, 5.74) is 1.09. The third-order valence-corrected chi connectivity index (χ3v) is 4.38. The average Bonchev–Trinajstić information content (AvgIpc) is 2.48. The molecule has 0 aliphatic heterocycles. The van der Waals surface area contributed by atoms with Gasteiger partial charge >= 0.3 is 5.97 Å². The molecule has 2 rings (SSSR count). The average molecular weight is 303 g/mol. The van der Waals surface area contributed by atoms with Crippen molar-refractivity contribution in [3.63, 3.8) is 0 Å². The number of carbonyl (C=O) groups excluding carboxylic acids is 1. The molecule has 0 radical (unpaired) electrons.